The molecule has 1 amide bonds. The number of rotatable bonds is 7. The van der Waals surface area contributed by atoms with Crippen molar-refractivity contribution >= 4 is 5.91 Å². The van der Waals surface area contributed by atoms with Crippen LogP contribution in [0.4, 0.5) is 0 Å². The molecular weight excluding hydrogens is 398 g/mol. The quantitative estimate of drug-likeness (QED) is 0.652. The van der Waals surface area contributed by atoms with E-state index in [4.69, 9.17) is 4.74 Å². The second kappa shape index (κ2) is 9.22. The lowest BCUT2D eigenvalue weighted by molar-refractivity contribution is 0.0731. The van der Waals surface area contributed by atoms with Crippen LogP contribution in [0, 0.1) is 11.8 Å². The van der Waals surface area contributed by atoms with Gasteiger partial charge in [-0.1, -0.05) is 25.1 Å². The van der Waals surface area contributed by atoms with Gasteiger partial charge in [0.15, 0.2) is 0 Å². The first kappa shape index (κ1) is 21.4. The van der Waals surface area contributed by atoms with Crippen LogP contribution in [0.1, 0.15) is 59.8 Å². The van der Waals surface area contributed by atoms with E-state index in [1.165, 1.54) is 55.5 Å². The highest BCUT2D eigenvalue weighted by Gasteiger charge is 2.29. The zero-order chi connectivity index (χ0) is 22.1. The van der Waals surface area contributed by atoms with Crippen LogP contribution in [0.15, 0.2) is 36.5 Å². The molecule has 2 fully saturated rings. The first-order valence-electron chi connectivity index (χ1n) is 12.2. The van der Waals surface area contributed by atoms with Crippen molar-refractivity contribution < 1.29 is 9.53 Å². The molecule has 0 radical (unpaired) electrons. The fourth-order valence-corrected chi connectivity index (χ4v) is 4.94. The molecular formula is C27H35N3O2. The molecule has 5 heteroatoms. The predicted octanol–water partition coefficient (Wildman–Crippen LogP) is 4.34. The normalized spacial score (nSPS) is 21.4. The van der Waals surface area contributed by atoms with Gasteiger partial charge >= 0.3 is 0 Å². The van der Waals surface area contributed by atoms with Gasteiger partial charge in [0.05, 0.1) is 12.8 Å². The van der Waals surface area contributed by atoms with E-state index in [9.17, 15) is 4.79 Å². The molecule has 0 spiro atoms. The SMILES string of the molecule is CC1CCN(Cc2ccc3c(c2)CC(N(C)C(=O)c2ccc(OCC4CC4)cn2)C3)CC1. The number of aromatic nitrogens is 1. The van der Waals surface area contributed by atoms with Gasteiger partial charge in [0.1, 0.15) is 11.4 Å². The largest absolute Gasteiger partial charge is 0.492 e. The van der Waals surface area contributed by atoms with Gasteiger partial charge in [0.25, 0.3) is 5.91 Å². The molecule has 2 aromatic rings. The Kier molecular flexibility index (Phi) is 6.18. The summed E-state index contributed by atoms with van der Waals surface area (Å²) in [6, 6.07) is 10.8. The van der Waals surface area contributed by atoms with E-state index in [-0.39, 0.29) is 11.9 Å². The van der Waals surface area contributed by atoms with Crippen LogP contribution in [0.25, 0.3) is 0 Å². The summed E-state index contributed by atoms with van der Waals surface area (Å²) in [6.07, 6.45) is 8.66. The maximum absolute atomic E-state index is 13.0. The number of fused-ring (bicyclic) bond motifs is 1. The average molecular weight is 434 g/mol. The summed E-state index contributed by atoms with van der Waals surface area (Å²) in [5.41, 5.74) is 4.66. The van der Waals surface area contributed by atoms with Crippen molar-refractivity contribution in [3.05, 3.63) is 58.9 Å². The fourth-order valence-electron chi connectivity index (χ4n) is 4.94. The Balaban J connectivity index is 1.17. The maximum Gasteiger partial charge on any atom is 0.272 e. The molecule has 0 N–H and O–H groups in total. The van der Waals surface area contributed by atoms with Gasteiger partial charge in [-0.15, -0.1) is 0 Å². The van der Waals surface area contributed by atoms with E-state index < -0.39 is 0 Å². The summed E-state index contributed by atoms with van der Waals surface area (Å²) < 4.78 is 5.75. The number of hydrogen-bond donors (Lipinski definition) is 0. The molecule has 32 heavy (non-hydrogen) atoms. The summed E-state index contributed by atoms with van der Waals surface area (Å²) >= 11 is 0. The van der Waals surface area contributed by atoms with Gasteiger partial charge in [-0.05, 0) is 92.3 Å². The Morgan fingerprint density at radius 1 is 1.09 bits per heavy atom. The molecule has 1 unspecified atom stereocenters. The van der Waals surface area contributed by atoms with Crippen LogP contribution >= 0.6 is 0 Å². The zero-order valence-corrected chi connectivity index (χ0v) is 19.4. The number of pyridine rings is 1. The highest BCUT2D eigenvalue weighted by atomic mass is 16.5. The Bertz CT molecular complexity index is 946. The number of benzene rings is 1. The van der Waals surface area contributed by atoms with Gasteiger partial charge < -0.3 is 9.64 Å². The lowest BCUT2D eigenvalue weighted by Gasteiger charge is -2.30. The Hall–Kier alpha value is -2.40. The number of likely N-dealkylation sites (N-methyl/N-ethyl adjacent to an activating group) is 1. The minimum absolute atomic E-state index is 0.0146. The summed E-state index contributed by atoms with van der Waals surface area (Å²) in [5.74, 6) is 2.30. The molecule has 3 aliphatic rings. The molecule has 170 valence electrons. The smallest absolute Gasteiger partial charge is 0.272 e. The van der Waals surface area contributed by atoms with E-state index in [2.05, 4.69) is 35.0 Å². The Labute approximate surface area is 191 Å². The topological polar surface area (TPSA) is 45.7 Å². The third kappa shape index (κ3) is 4.98. The van der Waals surface area contributed by atoms with E-state index >= 15 is 0 Å². The van der Waals surface area contributed by atoms with Crippen LogP contribution in [0.5, 0.6) is 5.75 Å². The van der Waals surface area contributed by atoms with Gasteiger partial charge in [-0.25, -0.2) is 4.98 Å². The van der Waals surface area contributed by atoms with E-state index in [0.717, 1.165) is 37.7 Å². The molecule has 1 saturated carbocycles. The second-order valence-corrected chi connectivity index (χ2v) is 10.2. The molecule has 0 bridgehead atoms. The molecule has 2 aliphatic carbocycles. The summed E-state index contributed by atoms with van der Waals surface area (Å²) in [4.78, 5) is 21.9. The maximum atomic E-state index is 13.0. The third-order valence-electron chi connectivity index (χ3n) is 7.47. The number of nitrogens with zero attached hydrogens (tertiary/aromatic N) is 3. The van der Waals surface area contributed by atoms with Crippen LogP contribution in [0.2, 0.25) is 0 Å². The van der Waals surface area contributed by atoms with E-state index in [1.54, 1.807) is 12.3 Å². The molecule has 5 rings (SSSR count). The molecule has 1 aromatic carbocycles. The van der Waals surface area contributed by atoms with Crippen molar-refractivity contribution in [2.75, 3.05) is 26.7 Å². The summed E-state index contributed by atoms with van der Waals surface area (Å²) in [6.45, 7) is 6.56. The van der Waals surface area contributed by atoms with Crippen LogP contribution in [-0.4, -0.2) is 53.5 Å². The van der Waals surface area contributed by atoms with Gasteiger partial charge in [0.2, 0.25) is 0 Å². The highest BCUT2D eigenvalue weighted by molar-refractivity contribution is 5.92. The lowest BCUT2D eigenvalue weighted by Crippen LogP contribution is -2.38. The van der Waals surface area contributed by atoms with Gasteiger partial charge in [-0.3, -0.25) is 9.69 Å². The fraction of sp³-hybridized carbons (Fsp3) is 0.556. The standard InChI is InChI=1S/C27H35N3O2/c1-19-9-11-30(12-10-19)17-21-5-6-22-14-24(15-23(22)13-21)29(2)27(31)26-8-7-25(16-28-26)32-18-20-3-4-20/h5-8,13,16,19-20,24H,3-4,9-12,14-15,17-18H2,1-2H3. The highest BCUT2D eigenvalue weighted by Crippen LogP contribution is 2.30. The lowest BCUT2D eigenvalue weighted by atomic mass is 9.98. The van der Waals surface area contributed by atoms with E-state index in [0.29, 0.717) is 11.6 Å². The van der Waals surface area contributed by atoms with Crippen molar-refractivity contribution in [2.24, 2.45) is 11.8 Å². The number of piperidine rings is 1. The number of likely N-dealkylation sites (tertiary alicyclic amines) is 1. The Morgan fingerprint density at radius 3 is 2.59 bits per heavy atom. The van der Waals surface area contributed by atoms with E-state index in [1.807, 2.05) is 18.0 Å². The first-order valence-corrected chi connectivity index (χ1v) is 12.2. The molecule has 1 aliphatic heterocycles. The number of ether oxygens (including phenoxy) is 1. The Morgan fingerprint density at radius 2 is 1.88 bits per heavy atom. The number of carbonyl (C=O) groups excluding carboxylic acids is 1. The molecule has 1 saturated heterocycles. The molecule has 1 aromatic heterocycles. The average Bonchev–Trinajstić information content (AvgIpc) is 3.55. The minimum atomic E-state index is -0.0146. The van der Waals surface area contributed by atoms with Crippen molar-refractivity contribution in [2.45, 2.75) is 58.0 Å². The van der Waals surface area contributed by atoms with Gasteiger partial charge in [0, 0.05) is 19.6 Å². The molecule has 2 heterocycles. The molecule has 5 nitrogen and oxygen atoms in total. The second-order valence-electron chi connectivity index (χ2n) is 10.2. The zero-order valence-electron chi connectivity index (χ0n) is 19.4. The van der Waals surface area contributed by atoms with Crippen molar-refractivity contribution in [1.29, 1.82) is 0 Å². The monoisotopic (exact) mass is 433 g/mol. The van der Waals surface area contributed by atoms with Crippen molar-refractivity contribution in [3.63, 3.8) is 0 Å². The van der Waals surface area contributed by atoms with Crippen LogP contribution in [-0.2, 0) is 19.4 Å². The molecule has 1 atom stereocenters. The minimum Gasteiger partial charge on any atom is -0.492 e. The van der Waals surface area contributed by atoms with Crippen molar-refractivity contribution in [1.82, 2.24) is 14.8 Å². The summed E-state index contributed by atoms with van der Waals surface area (Å²) in [7, 11) is 1.91. The van der Waals surface area contributed by atoms with Gasteiger partial charge in [-0.2, -0.15) is 0 Å². The number of carbonyl (C=O) groups is 1. The number of hydrogen-bond acceptors (Lipinski definition) is 4. The number of amides is 1. The summed E-state index contributed by atoms with van der Waals surface area (Å²) in [5, 5.41) is 0. The first-order chi connectivity index (χ1) is 15.5. The van der Waals surface area contributed by atoms with Crippen LogP contribution < -0.4 is 4.74 Å². The predicted molar refractivity (Wildman–Crippen MR) is 126 cm³/mol. The van der Waals surface area contributed by atoms with Crippen LogP contribution in [0.3, 0.4) is 0 Å². The third-order valence-corrected chi connectivity index (χ3v) is 7.47. The van der Waals surface area contributed by atoms with Crippen molar-refractivity contribution in [3.8, 4) is 5.75 Å².